The van der Waals surface area contributed by atoms with Crippen molar-refractivity contribution in [2.45, 2.75) is 31.2 Å². The van der Waals surface area contributed by atoms with Crippen LogP contribution in [-0.2, 0) is 19.1 Å². The highest BCUT2D eigenvalue weighted by atomic mass is 16.5. The quantitative estimate of drug-likeness (QED) is 0.439. The van der Waals surface area contributed by atoms with Crippen molar-refractivity contribution in [3.63, 3.8) is 0 Å². The smallest absolute Gasteiger partial charge is 0.407 e. The summed E-state index contributed by atoms with van der Waals surface area (Å²) < 4.78 is 10.5. The van der Waals surface area contributed by atoms with Crippen LogP contribution in [0.1, 0.15) is 36.3 Å². The first kappa shape index (κ1) is 23.8. The maximum absolute atomic E-state index is 12.4. The van der Waals surface area contributed by atoms with Crippen LogP contribution in [0, 0.1) is 11.8 Å². The van der Waals surface area contributed by atoms with Crippen LogP contribution in [0.25, 0.3) is 11.1 Å². The summed E-state index contributed by atoms with van der Waals surface area (Å²) >= 11 is 0. The first-order valence-electron chi connectivity index (χ1n) is 11.6. The number of ether oxygens (including phenoxy) is 2. The molecule has 0 aliphatic heterocycles. The zero-order valence-electron chi connectivity index (χ0n) is 19.2. The van der Waals surface area contributed by atoms with E-state index in [2.05, 4.69) is 34.9 Å². The number of hydrogen-bond acceptors (Lipinski definition) is 5. The molecule has 8 nitrogen and oxygen atoms in total. The molecule has 0 radical (unpaired) electrons. The van der Waals surface area contributed by atoms with E-state index in [0.717, 1.165) is 11.1 Å². The van der Waals surface area contributed by atoms with Gasteiger partial charge in [0.2, 0.25) is 5.91 Å². The largest absolute Gasteiger partial charge is 0.480 e. The molecule has 0 spiro atoms. The lowest BCUT2D eigenvalue weighted by Crippen LogP contribution is -2.42. The number of carboxylic acids is 1. The Hall–Kier alpha value is -3.39. The monoisotopic (exact) mass is 466 g/mol. The van der Waals surface area contributed by atoms with Crippen LogP contribution in [0.4, 0.5) is 4.79 Å². The van der Waals surface area contributed by atoms with Gasteiger partial charge in [-0.2, -0.15) is 0 Å². The van der Waals surface area contributed by atoms with Gasteiger partial charge < -0.3 is 25.2 Å². The van der Waals surface area contributed by atoms with Crippen molar-refractivity contribution in [1.29, 1.82) is 0 Å². The van der Waals surface area contributed by atoms with Gasteiger partial charge in [-0.25, -0.2) is 9.59 Å². The average molecular weight is 467 g/mol. The van der Waals surface area contributed by atoms with Crippen molar-refractivity contribution < 1.29 is 29.0 Å². The summed E-state index contributed by atoms with van der Waals surface area (Å²) in [6.07, 6.45) is 0.950. The van der Waals surface area contributed by atoms with Gasteiger partial charge in [-0.1, -0.05) is 48.5 Å². The number of nitrogens with one attached hydrogen (secondary N) is 2. The van der Waals surface area contributed by atoms with Gasteiger partial charge in [0.25, 0.3) is 0 Å². The first-order valence-corrected chi connectivity index (χ1v) is 11.6. The third kappa shape index (κ3) is 5.39. The zero-order valence-corrected chi connectivity index (χ0v) is 19.2. The predicted octanol–water partition coefficient (Wildman–Crippen LogP) is 3.16. The Morgan fingerprint density at radius 2 is 1.71 bits per heavy atom. The normalized spacial score (nSPS) is 19.0. The fourth-order valence-electron chi connectivity index (χ4n) is 4.63. The highest BCUT2D eigenvalue weighted by molar-refractivity contribution is 5.86. The summed E-state index contributed by atoms with van der Waals surface area (Å²) in [6.45, 7) is 0.988. The second kappa shape index (κ2) is 10.7. The fourth-order valence-corrected chi connectivity index (χ4v) is 4.63. The predicted molar refractivity (Wildman–Crippen MR) is 125 cm³/mol. The third-order valence-corrected chi connectivity index (χ3v) is 6.57. The lowest BCUT2D eigenvalue weighted by Gasteiger charge is -2.15. The fraction of sp³-hybridized carbons (Fsp3) is 0.423. The minimum absolute atomic E-state index is 0.0105. The third-order valence-electron chi connectivity index (χ3n) is 6.57. The Morgan fingerprint density at radius 3 is 2.32 bits per heavy atom. The molecule has 3 unspecified atom stereocenters. The van der Waals surface area contributed by atoms with Crippen LogP contribution in [0.2, 0.25) is 0 Å². The Bertz CT molecular complexity index is 1010. The van der Waals surface area contributed by atoms with E-state index in [1.54, 1.807) is 7.11 Å². The van der Waals surface area contributed by atoms with Crippen molar-refractivity contribution in [1.82, 2.24) is 10.6 Å². The second-order valence-electron chi connectivity index (χ2n) is 8.84. The molecule has 8 heteroatoms. The van der Waals surface area contributed by atoms with Gasteiger partial charge >= 0.3 is 12.1 Å². The number of alkyl carbamates (subject to hydrolysis) is 1. The Kier molecular flexibility index (Phi) is 7.47. The van der Waals surface area contributed by atoms with Crippen LogP contribution in [-0.4, -0.2) is 56.0 Å². The molecule has 2 aromatic carbocycles. The minimum atomic E-state index is -1.06. The number of fused-ring (bicyclic) bond motifs is 3. The van der Waals surface area contributed by atoms with E-state index in [1.807, 2.05) is 24.3 Å². The molecule has 0 aromatic heterocycles. The van der Waals surface area contributed by atoms with Gasteiger partial charge in [-0.3, -0.25) is 4.79 Å². The number of carboxylic acid groups (broad SMARTS) is 1. The lowest BCUT2D eigenvalue weighted by atomic mass is 9.98. The molecule has 4 rings (SSSR count). The summed E-state index contributed by atoms with van der Waals surface area (Å²) in [5, 5.41) is 14.7. The second-order valence-corrected chi connectivity index (χ2v) is 8.84. The van der Waals surface area contributed by atoms with Crippen LogP contribution in [0.3, 0.4) is 0 Å². The van der Waals surface area contributed by atoms with Gasteiger partial charge in [-0.05, 0) is 47.4 Å². The van der Waals surface area contributed by atoms with Gasteiger partial charge in [0.15, 0.2) is 0 Å². The molecule has 2 amide bonds. The lowest BCUT2D eigenvalue weighted by molar-refractivity contribution is -0.142. The van der Waals surface area contributed by atoms with Crippen molar-refractivity contribution in [2.24, 2.45) is 11.8 Å². The van der Waals surface area contributed by atoms with E-state index in [9.17, 15) is 19.5 Å². The Labute approximate surface area is 198 Å². The standard InChI is InChI=1S/C26H30N2O6/c1-33-12-6-11-23(25(30)31)28-24(29)21-13-16(21)14-27-26(32)34-15-22-19-9-4-2-7-17(19)18-8-3-5-10-20(18)22/h2-5,7-10,16,21-23H,6,11-15H2,1H3,(H,27,32)(H,28,29)(H,30,31). The molecule has 2 aromatic rings. The van der Waals surface area contributed by atoms with E-state index in [1.165, 1.54) is 11.1 Å². The number of carbonyl (C=O) groups excluding carboxylic acids is 2. The molecule has 0 heterocycles. The molecule has 3 atom stereocenters. The van der Waals surface area contributed by atoms with Gasteiger partial charge in [0.1, 0.15) is 12.6 Å². The van der Waals surface area contributed by atoms with Gasteiger partial charge in [0, 0.05) is 32.1 Å². The summed E-state index contributed by atoms with van der Waals surface area (Å²) in [6, 6.07) is 15.4. The highest BCUT2D eigenvalue weighted by Gasteiger charge is 2.44. The van der Waals surface area contributed by atoms with Crippen molar-refractivity contribution in [2.75, 3.05) is 26.9 Å². The maximum atomic E-state index is 12.4. The number of aliphatic carboxylic acids is 1. The van der Waals surface area contributed by atoms with Crippen molar-refractivity contribution in [3.8, 4) is 11.1 Å². The number of methoxy groups -OCH3 is 1. The molecule has 0 saturated heterocycles. The van der Waals surface area contributed by atoms with Crippen LogP contribution in [0.15, 0.2) is 48.5 Å². The average Bonchev–Trinajstić information content (AvgIpc) is 3.56. The first-order chi connectivity index (χ1) is 16.5. The molecule has 3 N–H and O–H groups in total. The number of amides is 2. The van der Waals surface area contributed by atoms with Gasteiger partial charge in [-0.15, -0.1) is 0 Å². The zero-order chi connectivity index (χ0) is 24.1. The van der Waals surface area contributed by atoms with Gasteiger partial charge in [0.05, 0.1) is 0 Å². The number of benzene rings is 2. The minimum Gasteiger partial charge on any atom is -0.480 e. The molecule has 1 fully saturated rings. The topological polar surface area (TPSA) is 114 Å². The van der Waals surface area contributed by atoms with E-state index < -0.39 is 18.1 Å². The summed E-state index contributed by atoms with van der Waals surface area (Å²) in [5.74, 6) is -1.67. The summed E-state index contributed by atoms with van der Waals surface area (Å²) in [7, 11) is 1.55. The Morgan fingerprint density at radius 1 is 1.06 bits per heavy atom. The SMILES string of the molecule is COCCCC(NC(=O)C1CC1CNC(=O)OCC1c2ccccc2-c2ccccc21)C(=O)O. The molecular formula is C26H30N2O6. The summed E-state index contributed by atoms with van der Waals surface area (Å²) in [5.41, 5.74) is 4.63. The highest BCUT2D eigenvalue weighted by Crippen LogP contribution is 2.44. The van der Waals surface area contributed by atoms with Crippen LogP contribution < -0.4 is 10.6 Å². The number of rotatable bonds is 11. The van der Waals surface area contributed by atoms with Crippen LogP contribution in [0.5, 0.6) is 0 Å². The number of hydrogen-bond donors (Lipinski definition) is 3. The van der Waals surface area contributed by atoms with Crippen LogP contribution >= 0.6 is 0 Å². The molecule has 1 saturated carbocycles. The summed E-state index contributed by atoms with van der Waals surface area (Å²) in [4.78, 5) is 36.1. The van der Waals surface area contributed by atoms with E-state index in [4.69, 9.17) is 9.47 Å². The molecule has 2 aliphatic carbocycles. The van der Waals surface area contributed by atoms with Crippen molar-refractivity contribution >= 4 is 18.0 Å². The molecule has 0 bridgehead atoms. The Balaban J connectivity index is 1.22. The van der Waals surface area contributed by atoms with E-state index in [-0.39, 0.29) is 30.3 Å². The maximum Gasteiger partial charge on any atom is 0.407 e. The van der Waals surface area contributed by atoms with E-state index >= 15 is 0 Å². The number of carbonyl (C=O) groups is 3. The molecule has 180 valence electrons. The molecule has 34 heavy (non-hydrogen) atoms. The molecular weight excluding hydrogens is 436 g/mol. The van der Waals surface area contributed by atoms with Crippen molar-refractivity contribution in [3.05, 3.63) is 59.7 Å². The van der Waals surface area contributed by atoms with E-state index in [0.29, 0.717) is 32.4 Å². The molecule has 2 aliphatic rings.